The van der Waals surface area contributed by atoms with Crippen molar-refractivity contribution in [1.29, 1.82) is 0 Å². The molecule has 0 radical (unpaired) electrons. The van der Waals surface area contributed by atoms with E-state index in [1.165, 1.54) is 11.8 Å². The molecule has 0 saturated heterocycles. The highest BCUT2D eigenvalue weighted by Gasteiger charge is 2.21. The monoisotopic (exact) mass is 378 g/mol. The van der Waals surface area contributed by atoms with E-state index in [9.17, 15) is 14.7 Å². The molecule has 0 bridgehead atoms. The predicted molar refractivity (Wildman–Crippen MR) is 101 cm³/mol. The summed E-state index contributed by atoms with van der Waals surface area (Å²) in [6, 6.07) is 6.40. The zero-order valence-electron chi connectivity index (χ0n) is 14.3. The van der Waals surface area contributed by atoms with Crippen molar-refractivity contribution in [2.75, 3.05) is 0 Å². The number of amides is 1. The van der Waals surface area contributed by atoms with Gasteiger partial charge in [-0.05, 0) is 25.5 Å². The second-order valence-corrected chi connectivity index (χ2v) is 7.73. The lowest BCUT2D eigenvalue weighted by Crippen LogP contribution is -2.40. The number of hydrogen-bond acceptors (Lipinski definition) is 5. The predicted octanol–water partition coefficient (Wildman–Crippen LogP) is 4.12. The quantitative estimate of drug-likeness (QED) is 0.642. The SMILES string of the molecule is CCCCC(NC(=O)c1ccccc1SCc1csc(C)n1)C(=O)O. The van der Waals surface area contributed by atoms with E-state index >= 15 is 0 Å². The zero-order valence-corrected chi connectivity index (χ0v) is 16.0. The average molecular weight is 379 g/mol. The van der Waals surface area contributed by atoms with E-state index in [0.29, 0.717) is 17.7 Å². The van der Waals surface area contributed by atoms with E-state index in [4.69, 9.17) is 0 Å². The Hall–Kier alpha value is -1.86. The van der Waals surface area contributed by atoms with Crippen LogP contribution in [0.2, 0.25) is 0 Å². The van der Waals surface area contributed by atoms with Crippen molar-refractivity contribution in [3.8, 4) is 0 Å². The molecule has 25 heavy (non-hydrogen) atoms. The first-order chi connectivity index (χ1) is 12.0. The van der Waals surface area contributed by atoms with Gasteiger partial charge in [-0.2, -0.15) is 0 Å². The van der Waals surface area contributed by atoms with Gasteiger partial charge in [0.2, 0.25) is 0 Å². The number of aromatic nitrogens is 1. The van der Waals surface area contributed by atoms with E-state index in [1.54, 1.807) is 23.5 Å². The number of hydrogen-bond donors (Lipinski definition) is 2. The number of thiazole rings is 1. The van der Waals surface area contributed by atoms with Gasteiger partial charge in [-0.1, -0.05) is 31.9 Å². The Morgan fingerprint density at radius 2 is 2.12 bits per heavy atom. The number of carbonyl (C=O) groups is 2. The van der Waals surface area contributed by atoms with Gasteiger partial charge in [0.25, 0.3) is 5.91 Å². The Bertz CT molecular complexity index is 731. The third kappa shape index (κ3) is 5.86. The molecule has 1 heterocycles. The van der Waals surface area contributed by atoms with Gasteiger partial charge < -0.3 is 10.4 Å². The summed E-state index contributed by atoms with van der Waals surface area (Å²) < 4.78 is 0. The Morgan fingerprint density at radius 3 is 2.76 bits per heavy atom. The molecule has 2 N–H and O–H groups in total. The zero-order chi connectivity index (χ0) is 18.2. The number of nitrogens with zero attached hydrogens (tertiary/aromatic N) is 1. The molecule has 0 fully saturated rings. The highest BCUT2D eigenvalue weighted by atomic mass is 32.2. The lowest BCUT2D eigenvalue weighted by atomic mass is 10.1. The maximum absolute atomic E-state index is 12.6. The van der Waals surface area contributed by atoms with Gasteiger partial charge in [-0.25, -0.2) is 9.78 Å². The van der Waals surface area contributed by atoms with Crippen molar-refractivity contribution >= 4 is 35.0 Å². The molecule has 0 aliphatic carbocycles. The molecular weight excluding hydrogens is 356 g/mol. The van der Waals surface area contributed by atoms with Crippen LogP contribution in [0.1, 0.15) is 47.2 Å². The Kier molecular flexibility index (Phi) is 7.46. The third-order valence-electron chi connectivity index (χ3n) is 3.62. The first-order valence-electron chi connectivity index (χ1n) is 8.17. The molecular formula is C18H22N2O3S2. The molecule has 1 unspecified atom stereocenters. The molecule has 2 rings (SSSR count). The van der Waals surface area contributed by atoms with Gasteiger partial charge in [-0.15, -0.1) is 23.1 Å². The van der Waals surface area contributed by atoms with E-state index in [2.05, 4.69) is 10.3 Å². The van der Waals surface area contributed by atoms with Crippen molar-refractivity contribution in [1.82, 2.24) is 10.3 Å². The molecule has 5 nitrogen and oxygen atoms in total. The molecule has 1 amide bonds. The van der Waals surface area contributed by atoms with Crippen LogP contribution in [0.15, 0.2) is 34.5 Å². The number of carboxylic acid groups (broad SMARTS) is 1. The number of unbranched alkanes of at least 4 members (excludes halogenated alkanes) is 1. The van der Waals surface area contributed by atoms with Crippen LogP contribution in [0.25, 0.3) is 0 Å². The minimum absolute atomic E-state index is 0.346. The Labute approximate surface area is 155 Å². The van der Waals surface area contributed by atoms with Crippen molar-refractivity contribution in [3.63, 3.8) is 0 Å². The molecule has 2 aromatic rings. The van der Waals surface area contributed by atoms with Crippen molar-refractivity contribution < 1.29 is 14.7 Å². The summed E-state index contributed by atoms with van der Waals surface area (Å²) in [5.41, 5.74) is 1.48. The van der Waals surface area contributed by atoms with E-state index < -0.39 is 12.0 Å². The van der Waals surface area contributed by atoms with Crippen LogP contribution in [0.4, 0.5) is 0 Å². The lowest BCUT2D eigenvalue weighted by Gasteiger charge is -2.15. The summed E-state index contributed by atoms with van der Waals surface area (Å²) in [5, 5.41) is 15.0. The van der Waals surface area contributed by atoms with Crippen LogP contribution in [0.3, 0.4) is 0 Å². The molecule has 0 saturated carbocycles. The van der Waals surface area contributed by atoms with Crippen molar-refractivity contribution in [2.45, 2.75) is 49.8 Å². The number of aryl methyl sites for hydroxylation is 1. The molecule has 1 aromatic carbocycles. The van der Waals surface area contributed by atoms with E-state index in [1.807, 2.05) is 31.4 Å². The lowest BCUT2D eigenvalue weighted by molar-refractivity contribution is -0.139. The number of carbonyl (C=O) groups excluding carboxylic acids is 1. The topological polar surface area (TPSA) is 79.3 Å². The third-order valence-corrected chi connectivity index (χ3v) is 5.55. The molecule has 134 valence electrons. The maximum Gasteiger partial charge on any atom is 0.326 e. The van der Waals surface area contributed by atoms with Gasteiger partial charge in [0.1, 0.15) is 6.04 Å². The molecule has 0 aliphatic rings. The maximum atomic E-state index is 12.6. The van der Waals surface area contributed by atoms with Gasteiger partial charge in [0.15, 0.2) is 0 Å². The van der Waals surface area contributed by atoms with E-state index in [-0.39, 0.29) is 5.91 Å². The Balaban J connectivity index is 2.07. The fourth-order valence-corrected chi connectivity index (χ4v) is 3.97. The number of rotatable bonds is 9. The average Bonchev–Trinajstić information content (AvgIpc) is 3.02. The molecule has 0 spiro atoms. The standard InChI is InChI=1S/C18H22N2O3S2/c1-3-4-8-15(18(22)23)20-17(21)14-7-5-6-9-16(14)25-11-13-10-24-12(2)19-13/h5-7,9-10,15H,3-4,8,11H2,1-2H3,(H,20,21)(H,22,23). The summed E-state index contributed by atoms with van der Waals surface area (Å²) >= 11 is 3.13. The van der Waals surface area contributed by atoms with Crippen LogP contribution < -0.4 is 5.32 Å². The van der Waals surface area contributed by atoms with Gasteiger partial charge in [0, 0.05) is 16.0 Å². The molecule has 0 aliphatic heterocycles. The summed E-state index contributed by atoms with van der Waals surface area (Å²) in [5.74, 6) is -0.668. The fraction of sp³-hybridized carbons (Fsp3) is 0.389. The number of carboxylic acids is 1. The van der Waals surface area contributed by atoms with Crippen LogP contribution in [0.5, 0.6) is 0 Å². The largest absolute Gasteiger partial charge is 0.480 e. The highest BCUT2D eigenvalue weighted by Crippen LogP contribution is 2.27. The molecule has 1 aromatic heterocycles. The molecule has 1 atom stereocenters. The summed E-state index contributed by atoms with van der Waals surface area (Å²) in [6.45, 7) is 3.95. The second kappa shape index (κ2) is 9.58. The van der Waals surface area contributed by atoms with Crippen LogP contribution in [-0.2, 0) is 10.5 Å². The van der Waals surface area contributed by atoms with E-state index in [0.717, 1.165) is 28.4 Å². The normalized spacial score (nSPS) is 11.9. The minimum atomic E-state index is -0.995. The number of nitrogens with one attached hydrogen (secondary N) is 1. The van der Waals surface area contributed by atoms with Gasteiger partial charge in [0.05, 0.1) is 16.3 Å². The minimum Gasteiger partial charge on any atom is -0.480 e. The van der Waals surface area contributed by atoms with Crippen LogP contribution >= 0.6 is 23.1 Å². The summed E-state index contributed by atoms with van der Waals surface area (Å²) in [4.78, 5) is 29.2. The molecule has 7 heteroatoms. The second-order valence-electron chi connectivity index (χ2n) is 5.65. The highest BCUT2D eigenvalue weighted by molar-refractivity contribution is 7.98. The van der Waals surface area contributed by atoms with Crippen LogP contribution in [-0.4, -0.2) is 28.0 Å². The Morgan fingerprint density at radius 1 is 1.36 bits per heavy atom. The number of benzene rings is 1. The first-order valence-corrected chi connectivity index (χ1v) is 10.0. The summed E-state index contributed by atoms with van der Waals surface area (Å²) in [7, 11) is 0. The van der Waals surface area contributed by atoms with Gasteiger partial charge >= 0.3 is 5.97 Å². The number of aliphatic carboxylic acids is 1. The smallest absolute Gasteiger partial charge is 0.326 e. The number of thioether (sulfide) groups is 1. The van der Waals surface area contributed by atoms with Crippen LogP contribution in [0, 0.1) is 6.92 Å². The fourth-order valence-electron chi connectivity index (χ4n) is 2.31. The first kappa shape index (κ1) is 19.5. The van der Waals surface area contributed by atoms with Crippen molar-refractivity contribution in [3.05, 3.63) is 45.9 Å². The summed E-state index contributed by atoms with van der Waals surface area (Å²) in [6.07, 6.45) is 2.08. The van der Waals surface area contributed by atoms with Gasteiger partial charge in [-0.3, -0.25) is 4.79 Å². The van der Waals surface area contributed by atoms with Crippen molar-refractivity contribution in [2.24, 2.45) is 0 Å².